The molecule has 1 atom stereocenters. The Morgan fingerprint density at radius 3 is 2.38 bits per heavy atom. The fourth-order valence-corrected chi connectivity index (χ4v) is 2.78. The monoisotopic (exact) mass is 327 g/mol. The molecule has 0 fully saturated rings. The first-order valence-corrected chi connectivity index (χ1v) is 7.41. The van der Waals surface area contributed by atoms with Gasteiger partial charge in [-0.3, -0.25) is 4.79 Å². The number of nitrogens with one attached hydrogen (secondary N) is 1. The maximum Gasteiger partial charge on any atom is 0.237 e. The van der Waals surface area contributed by atoms with Crippen molar-refractivity contribution in [3.63, 3.8) is 0 Å². The minimum Gasteiger partial charge on any atom is -0.320 e. The van der Waals surface area contributed by atoms with Crippen LogP contribution in [0.2, 0.25) is 5.02 Å². The quantitative estimate of drug-likeness (QED) is 0.822. The van der Waals surface area contributed by atoms with Crippen LogP contribution in [0.4, 0.5) is 14.5 Å². The summed E-state index contributed by atoms with van der Waals surface area (Å²) in [6.07, 6.45) is 0. The number of carbonyl (C=O) groups is 1. The summed E-state index contributed by atoms with van der Waals surface area (Å²) in [5.41, 5.74) is -0.436. The number of benzene rings is 2. The molecular weight excluding hydrogens is 316 g/mol. The average molecular weight is 328 g/mol. The van der Waals surface area contributed by atoms with Crippen molar-refractivity contribution in [3.05, 3.63) is 59.1 Å². The first-order valence-electron chi connectivity index (χ1n) is 6.15. The molecule has 1 unspecified atom stereocenters. The van der Waals surface area contributed by atoms with Gasteiger partial charge in [-0.2, -0.15) is 0 Å². The van der Waals surface area contributed by atoms with Gasteiger partial charge in [-0.15, -0.1) is 11.8 Å². The van der Waals surface area contributed by atoms with Gasteiger partial charge in [0.1, 0.15) is 17.3 Å². The first kappa shape index (κ1) is 15.8. The van der Waals surface area contributed by atoms with Gasteiger partial charge in [-0.05, 0) is 31.2 Å². The Morgan fingerprint density at radius 1 is 1.14 bits per heavy atom. The summed E-state index contributed by atoms with van der Waals surface area (Å²) in [4.78, 5) is 12.8. The van der Waals surface area contributed by atoms with E-state index in [2.05, 4.69) is 5.32 Å². The molecule has 2 nitrogen and oxygen atoms in total. The highest BCUT2D eigenvalue weighted by Gasteiger charge is 2.19. The van der Waals surface area contributed by atoms with Crippen LogP contribution in [0.25, 0.3) is 0 Å². The van der Waals surface area contributed by atoms with Crippen molar-refractivity contribution in [3.8, 4) is 0 Å². The van der Waals surface area contributed by atoms with Crippen molar-refractivity contribution in [1.82, 2.24) is 0 Å². The van der Waals surface area contributed by atoms with Gasteiger partial charge >= 0.3 is 0 Å². The van der Waals surface area contributed by atoms with Crippen LogP contribution in [0.1, 0.15) is 6.92 Å². The summed E-state index contributed by atoms with van der Waals surface area (Å²) >= 11 is 7.23. The van der Waals surface area contributed by atoms with Gasteiger partial charge in [0, 0.05) is 4.90 Å². The summed E-state index contributed by atoms with van der Waals surface area (Å²) in [6, 6.07) is 10.5. The Labute approximate surface area is 130 Å². The molecule has 1 N–H and O–H groups in total. The van der Waals surface area contributed by atoms with Gasteiger partial charge in [0.15, 0.2) is 0 Å². The van der Waals surface area contributed by atoms with Gasteiger partial charge in [-0.1, -0.05) is 29.8 Å². The van der Waals surface area contributed by atoms with Crippen molar-refractivity contribution in [1.29, 1.82) is 0 Å². The average Bonchev–Trinajstić information content (AvgIpc) is 2.45. The molecule has 0 heterocycles. The zero-order valence-corrected chi connectivity index (χ0v) is 12.6. The highest BCUT2D eigenvalue weighted by molar-refractivity contribution is 8.00. The van der Waals surface area contributed by atoms with Gasteiger partial charge in [-0.25, -0.2) is 8.78 Å². The first-order chi connectivity index (χ1) is 9.99. The van der Waals surface area contributed by atoms with E-state index in [0.29, 0.717) is 5.02 Å². The summed E-state index contributed by atoms with van der Waals surface area (Å²) in [5.74, 6) is -2.11. The molecule has 0 radical (unpaired) electrons. The van der Waals surface area contributed by atoms with Crippen LogP contribution in [0, 0.1) is 11.6 Å². The molecule has 1 amide bonds. The topological polar surface area (TPSA) is 29.1 Å². The number of amides is 1. The Balaban J connectivity index is 2.08. The minimum atomic E-state index is -0.807. The second-order valence-electron chi connectivity index (χ2n) is 4.28. The van der Waals surface area contributed by atoms with Crippen LogP contribution < -0.4 is 5.32 Å². The molecule has 110 valence electrons. The van der Waals surface area contributed by atoms with Gasteiger partial charge in [0.25, 0.3) is 0 Å². The van der Waals surface area contributed by atoms with E-state index in [9.17, 15) is 13.6 Å². The number of para-hydroxylation sites is 1. The van der Waals surface area contributed by atoms with E-state index < -0.39 is 28.5 Å². The Hall–Kier alpha value is -1.59. The molecular formula is C15H12ClF2NOS. The lowest BCUT2D eigenvalue weighted by atomic mass is 10.3. The Morgan fingerprint density at radius 2 is 1.76 bits per heavy atom. The molecule has 21 heavy (non-hydrogen) atoms. The lowest BCUT2D eigenvalue weighted by molar-refractivity contribution is -0.115. The van der Waals surface area contributed by atoms with Gasteiger partial charge in [0.05, 0.1) is 10.3 Å². The molecule has 0 aliphatic heterocycles. The Bertz CT molecular complexity index is 646. The van der Waals surface area contributed by atoms with Gasteiger partial charge in [0.2, 0.25) is 5.91 Å². The molecule has 0 aliphatic carbocycles. The fourth-order valence-electron chi connectivity index (χ4n) is 1.63. The summed E-state index contributed by atoms with van der Waals surface area (Å²) in [6.45, 7) is 1.64. The van der Waals surface area contributed by atoms with E-state index in [1.807, 2.05) is 0 Å². The van der Waals surface area contributed by atoms with E-state index in [4.69, 9.17) is 11.6 Å². The third kappa shape index (κ3) is 3.95. The standard InChI is InChI=1S/C15H12ClF2NOS/c1-9(21-13-8-3-2-5-10(13)16)15(20)19-14-11(17)6-4-7-12(14)18/h2-9H,1H3,(H,19,20). The van der Waals surface area contributed by atoms with E-state index in [1.54, 1.807) is 31.2 Å². The highest BCUT2D eigenvalue weighted by atomic mass is 35.5. The lowest BCUT2D eigenvalue weighted by Gasteiger charge is -2.13. The van der Waals surface area contributed by atoms with Crippen LogP contribution >= 0.6 is 23.4 Å². The summed E-state index contributed by atoms with van der Waals surface area (Å²) in [7, 11) is 0. The number of carbonyl (C=O) groups excluding carboxylic acids is 1. The molecule has 6 heteroatoms. The number of hydrogen-bond donors (Lipinski definition) is 1. The van der Waals surface area contributed by atoms with E-state index in [0.717, 1.165) is 17.0 Å². The molecule has 0 bridgehead atoms. The molecule has 0 spiro atoms. The molecule has 0 aromatic heterocycles. The highest BCUT2D eigenvalue weighted by Crippen LogP contribution is 2.30. The molecule has 0 saturated carbocycles. The zero-order chi connectivity index (χ0) is 15.4. The number of rotatable bonds is 4. The van der Waals surface area contributed by atoms with E-state index in [-0.39, 0.29) is 0 Å². The zero-order valence-electron chi connectivity index (χ0n) is 11.1. The maximum atomic E-state index is 13.5. The maximum absolute atomic E-state index is 13.5. The molecule has 0 saturated heterocycles. The predicted octanol–water partition coefficient (Wildman–Crippen LogP) is 4.74. The summed E-state index contributed by atoms with van der Waals surface area (Å²) in [5, 5.41) is 2.24. The molecule has 2 aromatic rings. The van der Waals surface area contributed by atoms with Crippen LogP contribution in [0.15, 0.2) is 47.4 Å². The predicted molar refractivity (Wildman–Crippen MR) is 81.8 cm³/mol. The Kier molecular flexibility index (Phi) is 5.20. The van der Waals surface area contributed by atoms with Crippen LogP contribution in [-0.2, 0) is 4.79 Å². The number of thioether (sulfide) groups is 1. The molecule has 2 aromatic carbocycles. The number of hydrogen-bond acceptors (Lipinski definition) is 2. The number of anilines is 1. The second-order valence-corrected chi connectivity index (χ2v) is 6.07. The second kappa shape index (κ2) is 6.91. The third-order valence-electron chi connectivity index (χ3n) is 2.72. The van der Waals surface area contributed by atoms with E-state index in [1.165, 1.54) is 17.8 Å². The number of halogens is 3. The van der Waals surface area contributed by atoms with Gasteiger partial charge < -0.3 is 5.32 Å². The molecule has 2 rings (SSSR count). The largest absolute Gasteiger partial charge is 0.320 e. The fraction of sp³-hybridized carbons (Fsp3) is 0.133. The lowest BCUT2D eigenvalue weighted by Crippen LogP contribution is -2.23. The van der Waals surface area contributed by atoms with Crippen molar-refractivity contribution in [2.45, 2.75) is 17.1 Å². The van der Waals surface area contributed by atoms with Crippen molar-refractivity contribution >= 4 is 35.0 Å². The smallest absolute Gasteiger partial charge is 0.237 e. The minimum absolute atomic E-state index is 0.436. The summed E-state index contributed by atoms with van der Waals surface area (Å²) < 4.78 is 27.0. The van der Waals surface area contributed by atoms with Crippen molar-refractivity contribution in [2.75, 3.05) is 5.32 Å². The van der Waals surface area contributed by atoms with E-state index >= 15 is 0 Å². The van der Waals surface area contributed by atoms with Crippen LogP contribution in [0.3, 0.4) is 0 Å². The normalized spacial score (nSPS) is 12.0. The van der Waals surface area contributed by atoms with Crippen LogP contribution in [-0.4, -0.2) is 11.2 Å². The SMILES string of the molecule is CC(Sc1ccccc1Cl)C(=O)Nc1c(F)cccc1F. The third-order valence-corrected chi connectivity index (χ3v) is 4.34. The van der Waals surface area contributed by atoms with Crippen LogP contribution in [0.5, 0.6) is 0 Å². The molecule has 0 aliphatic rings. The van der Waals surface area contributed by atoms with Crippen molar-refractivity contribution in [2.24, 2.45) is 0 Å². The van der Waals surface area contributed by atoms with Crippen molar-refractivity contribution < 1.29 is 13.6 Å².